The van der Waals surface area contributed by atoms with Crippen LogP contribution in [0.5, 0.6) is 0 Å². The molecule has 8 heteroatoms. The second kappa shape index (κ2) is 42.8. The molecule has 2 atom stereocenters. The summed E-state index contributed by atoms with van der Waals surface area (Å²) in [5, 5.41) is -0.580. The Morgan fingerprint density at radius 1 is 0.404 bits per heavy atom. The summed E-state index contributed by atoms with van der Waals surface area (Å²) in [6.45, 7) is 9.82. The van der Waals surface area contributed by atoms with E-state index in [0.29, 0.717) is 10.7 Å². The van der Waals surface area contributed by atoms with Gasteiger partial charge in [-0.25, -0.2) is 9.59 Å². The molecule has 0 aromatic heterocycles. The number of ether oxygens (including phenoxy) is 2. The van der Waals surface area contributed by atoms with Crippen molar-refractivity contribution >= 4 is 29.2 Å². The lowest BCUT2D eigenvalue weighted by Crippen LogP contribution is -2.43. The van der Waals surface area contributed by atoms with Gasteiger partial charge >= 0.3 is 17.4 Å². The number of amides is 3. The van der Waals surface area contributed by atoms with Gasteiger partial charge in [-0.3, -0.25) is 4.79 Å². The van der Waals surface area contributed by atoms with Crippen molar-refractivity contribution in [3.05, 3.63) is 0 Å². The molecular weight excluding hydrogens is 729 g/mol. The Labute approximate surface area is 359 Å². The zero-order chi connectivity index (χ0) is 42.0. The Morgan fingerprint density at radius 3 is 0.930 bits per heavy atom. The van der Waals surface area contributed by atoms with Crippen LogP contribution < -0.4 is 0 Å². The van der Waals surface area contributed by atoms with Crippen LogP contribution in [0.4, 0.5) is 14.4 Å². The predicted molar refractivity (Wildman–Crippen MR) is 248 cm³/mol. The number of thioether (sulfide) groups is 1. The fourth-order valence-corrected chi connectivity index (χ4v) is 8.32. The number of unbranched alkanes of at least 4 members (excludes halogenated alkanes) is 27. The first-order valence-corrected chi connectivity index (χ1v) is 25.8. The summed E-state index contributed by atoms with van der Waals surface area (Å²) in [5.74, 6) is 0.522. The summed E-state index contributed by atoms with van der Waals surface area (Å²) in [7, 11) is 4.01. The highest BCUT2D eigenvalue weighted by atomic mass is 32.2. The van der Waals surface area contributed by atoms with Crippen LogP contribution in [0.2, 0.25) is 0 Å². The van der Waals surface area contributed by atoms with Gasteiger partial charge in [0.1, 0.15) is 12.2 Å². The van der Waals surface area contributed by atoms with Crippen LogP contribution >= 0.6 is 11.8 Å². The molecule has 3 amide bonds. The van der Waals surface area contributed by atoms with E-state index in [0.717, 1.165) is 102 Å². The van der Waals surface area contributed by atoms with Gasteiger partial charge in [0.25, 0.3) is 0 Å². The van der Waals surface area contributed by atoms with Crippen LogP contribution in [0.1, 0.15) is 259 Å². The SMILES string of the molecule is CCCCCCCCCCCC(CCCCCCCCC)OC(=O)N(C(=O)OC(CCCCCCCCC)CCCCCCCCCC)C(=O)SCCCN(C)C. The minimum atomic E-state index is -0.852. The highest BCUT2D eigenvalue weighted by Gasteiger charge is 2.35. The Bertz CT molecular complexity index is 903. The second-order valence-electron chi connectivity index (χ2n) is 17.3. The van der Waals surface area contributed by atoms with Crippen molar-refractivity contribution in [2.45, 2.75) is 271 Å². The van der Waals surface area contributed by atoms with Gasteiger partial charge < -0.3 is 14.4 Å². The van der Waals surface area contributed by atoms with Crippen molar-refractivity contribution in [2.75, 3.05) is 26.4 Å². The molecule has 7 nitrogen and oxygen atoms in total. The van der Waals surface area contributed by atoms with E-state index in [4.69, 9.17) is 9.47 Å². The van der Waals surface area contributed by atoms with E-state index < -0.39 is 17.4 Å². The molecule has 0 fully saturated rings. The lowest BCUT2D eigenvalue weighted by atomic mass is 10.0. The molecule has 0 saturated heterocycles. The molecule has 0 bridgehead atoms. The largest absolute Gasteiger partial charge is 0.445 e. The fourth-order valence-electron chi connectivity index (χ4n) is 7.59. The molecule has 57 heavy (non-hydrogen) atoms. The molecule has 0 aliphatic carbocycles. The summed E-state index contributed by atoms with van der Waals surface area (Å²) < 4.78 is 12.3. The third-order valence-corrected chi connectivity index (χ3v) is 12.2. The molecule has 2 unspecified atom stereocenters. The maximum absolute atomic E-state index is 14.0. The minimum Gasteiger partial charge on any atom is -0.445 e. The monoisotopic (exact) mass is 825 g/mol. The number of nitrogens with zero attached hydrogens (tertiary/aromatic N) is 2. The van der Waals surface area contributed by atoms with Gasteiger partial charge in [-0.2, -0.15) is 0 Å². The summed E-state index contributed by atoms with van der Waals surface area (Å²) in [6.07, 6.45) is 39.0. The molecule has 0 aromatic carbocycles. The average molecular weight is 825 g/mol. The summed E-state index contributed by atoms with van der Waals surface area (Å²) in [4.78, 5) is 44.4. The predicted octanol–water partition coefficient (Wildman–Crippen LogP) is 16.8. The molecule has 0 heterocycles. The first kappa shape index (κ1) is 55.7. The molecule has 338 valence electrons. The van der Waals surface area contributed by atoms with Gasteiger partial charge in [-0.1, -0.05) is 213 Å². The number of carbonyl (C=O) groups is 3. The van der Waals surface area contributed by atoms with E-state index in [1.54, 1.807) is 0 Å². The van der Waals surface area contributed by atoms with Crippen LogP contribution in [-0.2, 0) is 9.47 Å². The first-order chi connectivity index (χ1) is 27.8. The van der Waals surface area contributed by atoms with Crippen molar-refractivity contribution in [1.29, 1.82) is 0 Å². The molecular formula is C49H96N2O5S. The van der Waals surface area contributed by atoms with Gasteiger partial charge in [0.2, 0.25) is 0 Å². The molecule has 0 spiro atoms. The topological polar surface area (TPSA) is 76.1 Å². The van der Waals surface area contributed by atoms with Crippen LogP contribution in [0.25, 0.3) is 0 Å². The third kappa shape index (κ3) is 36.3. The Balaban J connectivity index is 5.72. The number of rotatable bonds is 41. The zero-order valence-electron chi connectivity index (χ0n) is 38.9. The van der Waals surface area contributed by atoms with E-state index in [2.05, 4.69) is 32.6 Å². The highest BCUT2D eigenvalue weighted by molar-refractivity contribution is 8.13. The van der Waals surface area contributed by atoms with E-state index >= 15 is 0 Å². The van der Waals surface area contributed by atoms with E-state index in [1.807, 2.05) is 14.1 Å². The molecule has 0 aliphatic heterocycles. The highest BCUT2D eigenvalue weighted by Crippen LogP contribution is 2.23. The van der Waals surface area contributed by atoms with E-state index in [1.165, 1.54) is 148 Å². The van der Waals surface area contributed by atoms with E-state index in [9.17, 15) is 14.4 Å². The Hall–Kier alpha value is -1.28. The number of imide groups is 3. The molecule has 0 aliphatic rings. The van der Waals surface area contributed by atoms with Crippen LogP contribution in [0, 0.1) is 0 Å². The number of hydrogen-bond acceptors (Lipinski definition) is 7. The number of hydrogen-bond donors (Lipinski definition) is 0. The standard InChI is InChI=1S/C49H96N2O5S/c1-7-11-15-19-23-25-29-33-37-42-46(40-35-31-27-22-18-14-10-4)56-48(53)51(49(54)57-44-38-43-50(5)6)47(52)55-45(39-34-30-26-21-17-13-9-3)41-36-32-28-24-20-16-12-8-2/h45-46H,7-44H2,1-6H3. The van der Waals surface area contributed by atoms with Crippen LogP contribution in [0.3, 0.4) is 0 Å². The van der Waals surface area contributed by atoms with Gasteiger partial charge in [-0.15, -0.1) is 4.90 Å². The minimum absolute atomic E-state index is 0.305. The van der Waals surface area contributed by atoms with Gasteiger partial charge in [0, 0.05) is 5.75 Å². The fraction of sp³-hybridized carbons (Fsp3) is 0.939. The van der Waals surface area contributed by atoms with Crippen molar-refractivity contribution in [2.24, 2.45) is 0 Å². The van der Waals surface area contributed by atoms with Crippen LogP contribution in [0.15, 0.2) is 0 Å². The average Bonchev–Trinajstić information content (AvgIpc) is 3.18. The lowest BCUT2D eigenvalue weighted by Gasteiger charge is -2.25. The van der Waals surface area contributed by atoms with Crippen molar-refractivity contribution in [1.82, 2.24) is 9.80 Å². The van der Waals surface area contributed by atoms with Gasteiger partial charge in [0.05, 0.1) is 0 Å². The molecule has 0 radical (unpaired) electrons. The summed E-state index contributed by atoms with van der Waals surface area (Å²) in [5.41, 5.74) is 0. The molecule has 0 aromatic rings. The van der Waals surface area contributed by atoms with Crippen molar-refractivity contribution in [3.63, 3.8) is 0 Å². The first-order valence-electron chi connectivity index (χ1n) is 24.8. The summed E-state index contributed by atoms with van der Waals surface area (Å²) >= 11 is 1.02. The van der Waals surface area contributed by atoms with Gasteiger partial charge in [0.15, 0.2) is 0 Å². The van der Waals surface area contributed by atoms with E-state index in [-0.39, 0.29) is 12.2 Å². The van der Waals surface area contributed by atoms with Gasteiger partial charge in [-0.05, 0) is 78.4 Å². The summed E-state index contributed by atoms with van der Waals surface area (Å²) in [6, 6.07) is 0. The smallest absolute Gasteiger partial charge is 0.427 e. The Morgan fingerprint density at radius 2 is 0.667 bits per heavy atom. The van der Waals surface area contributed by atoms with Crippen molar-refractivity contribution in [3.8, 4) is 0 Å². The molecule has 0 rings (SSSR count). The maximum atomic E-state index is 14.0. The van der Waals surface area contributed by atoms with Crippen LogP contribution in [-0.4, -0.2) is 65.8 Å². The maximum Gasteiger partial charge on any atom is 0.427 e. The quantitative estimate of drug-likeness (QED) is 0.0568. The molecule has 0 saturated carbocycles. The Kier molecular flexibility index (Phi) is 41.9. The van der Waals surface area contributed by atoms with Crippen molar-refractivity contribution < 1.29 is 23.9 Å². The second-order valence-corrected chi connectivity index (χ2v) is 18.4. The number of carbonyl (C=O) groups excluding carboxylic acids is 3. The normalized spacial score (nSPS) is 12.5. The third-order valence-electron chi connectivity index (χ3n) is 11.3. The lowest BCUT2D eigenvalue weighted by molar-refractivity contribution is 0.0394. The molecule has 0 N–H and O–H groups in total. The zero-order valence-corrected chi connectivity index (χ0v) is 39.7.